The Kier molecular flexibility index (Phi) is 13.1. The van der Waals surface area contributed by atoms with Gasteiger partial charge >= 0.3 is 11.9 Å². The van der Waals surface area contributed by atoms with Crippen molar-refractivity contribution in [3.05, 3.63) is 101 Å². The van der Waals surface area contributed by atoms with Gasteiger partial charge in [0.05, 0.1) is 75.3 Å². The number of methoxy groups -OCH3 is 3. The quantitative estimate of drug-likeness (QED) is 0.0796. The predicted molar refractivity (Wildman–Crippen MR) is 186 cm³/mol. The number of likely N-dealkylation sites (N-methyl/N-ethyl adjacent to an activating group) is 1. The van der Waals surface area contributed by atoms with Gasteiger partial charge in [-0.2, -0.15) is 0 Å². The Balaban J connectivity index is 1.27. The van der Waals surface area contributed by atoms with Crippen LogP contribution >= 0.6 is 0 Å². The third-order valence-electron chi connectivity index (χ3n) is 9.26. The van der Waals surface area contributed by atoms with Crippen LogP contribution in [0.25, 0.3) is 0 Å². The number of ether oxygens (including phenoxy) is 5. The van der Waals surface area contributed by atoms with Gasteiger partial charge in [-0.3, -0.25) is 0 Å². The van der Waals surface area contributed by atoms with Crippen LogP contribution in [-0.2, 0) is 38.4 Å². The molecule has 0 aliphatic carbocycles. The van der Waals surface area contributed by atoms with Crippen molar-refractivity contribution in [2.24, 2.45) is 0 Å². The zero-order valence-electron chi connectivity index (χ0n) is 29.4. The van der Waals surface area contributed by atoms with Gasteiger partial charge < -0.3 is 32.7 Å². The van der Waals surface area contributed by atoms with E-state index in [1.165, 1.54) is 22.3 Å². The van der Waals surface area contributed by atoms with E-state index in [1.54, 1.807) is 21.3 Å². The molecule has 1 aliphatic heterocycles. The minimum absolute atomic E-state index is 0.162. The molecule has 0 aromatic heterocycles. The zero-order valence-corrected chi connectivity index (χ0v) is 29.4. The van der Waals surface area contributed by atoms with Crippen LogP contribution in [0.1, 0.15) is 41.1 Å². The first kappa shape index (κ1) is 36.5. The lowest BCUT2D eigenvalue weighted by Crippen LogP contribution is -2.52. The maximum atomic E-state index is 12.4. The molecular formula is C39H52N2O7+2. The first-order valence-corrected chi connectivity index (χ1v) is 16.7. The normalized spacial score (nSPS) is 17.4. The molecule has 0 saturated carbocycles. The second kappa shape index (κ2) is 17.2. The molecule has 0 radical (unpaired) electrons. The minimum atomic E-state index is -0.550. The molecule has 3 aromatic rings. The van der Waals surface area contributed by atoms with Crippen LogP contribution in [0.15, 0.2) is 78.9 Å². The number of hydrogen-bond donors (Lipinski definition) is 0. The topological polar surface area (TPSA) is 80.3 Å². The maximum absolute atomic E-state index is 12.4. The highest BCUT2D eigenvalue weighted by Crippen LogP contribution is 2.42. The lowest BCUT2D eigenvalue weighted by Gasteiger charge is -2.46. The molecule has 9 heteroatoms. The van der Waals surface area contributed by atoms with Crippen molar-refractivity contribution in [3.63, 3.8) is 0 Å². The summed E-state index contributed by atoms with van der Waals surface area (Å²) >= 11 is 0. The van der Waals surface area contributed by atoms with E-state index >= 15 is 0 Å². The van der Waals surface area contributed by atoms with Gasteiger partial charge in [0.15, 0.2) is 11.5 Å². The van der Waals surface area contributed by atoms with Crippen molar-refractivity contribution in [2.75, 3.05) is 75.3 Å². The summed E-state index contributed by atoms with van der Waals surface area (Å²) in [5, 5.41) is 0. The van der Waals surface area contributed by atoms with Gasteiger partial charge in [0.1, 0.15) is 18.3 Å². The van der Waals surface area contributed by atoms with Crippen LogP contribution in [0.3, 0.4) is 0 Å². The number of rotatable bonds is 17. The zero-order chi connectivity index (χ0) is 34.6. The Morgan fingerprint density at radius 2 is 1.44 bits per heavy atom. The van der Waals surface area contributed by atoms with E-state index in [2.05, 4.69) is 57.5 Å². The summed E-state index contributed by atoms with van der Waals surface area (Å²) in [5.74, 6) is 1.19. The van der Waals surface area contributed by atoms with E-state index < -0.39 is 11.9 Å². The van der Waals surface area contributed by atoms with E-state index in [9.17, 15) is 9.59 Å². The average Bonchev–Trinajstić information content (AvgIpc) is 3.09. The van der Waals surface area contributed by atoms with Crippen molar-refractivity contribution in [1.29, 1.82) is 0 Å². The Labute approximate surface area is 285 Å². The molecule has 4 rings (SSSR count). The number of carbonyl (C=O) groups excluding carboxylic acids is 2. The van der Waals surface area contributed by atoms with E-state index in [0.717, 1.165) is 83.8 Å². The molecule has 0 spiro atoms. The monoisotopic (exact) mass is 660 g/mol. The minimum Gasteiger partial charge on any atom is -0.497 e. The molecule has 0 saturated heterocycles. The van der Waals surface area contributed by atoms with Crippen LogP contribution in [0.4, 0.5) is 0 Å². The van der Waals surface area contributed by atoms with Gasteiger partial charge in [-0.05, 0) is 35.4 Å². The van der Waals surface area contributed by atoms with Gasteiger partial charge in [0, 0.05) is 49.0 Å². The third kappa shape index (κ3) is 10.3. The number of nitrogens with zero attached hydrogens (tertiary/aromatic N) is 2. The molecule has 3 aromatic carbocycles. The van der Waals surface area contributed by atoms with Crippen molar-refractivity contribution < 1.29 is 42.2 Å². The molecule has 0 unspecified atom stereocenters. The predicted octanol–water partition coefficient (Wildman–Crippen LogP) is 5.70. The molecule has 0 amide bonds. The number of carbonyl (C=O) groups is 2. The van der Waals surface area contributed by atoms with E-state index in [0.29, 0.717) is 13.0 Å². The molecule has 258 valence electrons. The fourth-order valence-electron chi connectivity index (χ4n) is 6.57. The van der Waals surface area contributed by atoms with Crippen LogP contribution in [0.5, 0.6) is 17.2 Å². The Morgan fingerprint density at radius 3 is 2.06 bits per heavy atom. The highest BCUT2D eigenvalue weighted by molar-refractivity contribution is 5.91. The maximum Gasteiger partial charge on any atom is 0.331 e. The molecular weight excluding hydrogens is 608 g/mol. The standard InChI is InChI=1S/C39H52N2O7/c1-40(2,29-31-12-8-7-9-13-31)21-10-24-47-38(42)18-19-39(43)48-25-11-22-41(3)23-20-32-27-36(45-5)37(46-6)28-34(32)35(41)26-30-14-16-33(44-4)17-15-30/h7-9,12-19,27-28,35H,10-11,20-26,29H2,1-6H3/q+2/t35-,41-/m1/s1. The molecule has 48 heavy (non-hydrogen) atoms. The van der Waals surface area contributed by atoms with Gasteiger partial charge in [0.25, 0.3) is 0 Å². The van der Waals surface area contributed by atoms with Crippen molar-refractivity contribution in [3.8, 4) is 17.2 Å². The first-order chi connectivity index (χ1) is 23.1. The molecule has 9 nitrogen and oxygen atoms in total. The second-order valence-electron chi connectivity index (χ2n) is 13.3. The van der Waals surface area contributed by atoms with Crippen LogP contribution in [-0.4, -0.2) is 96.2 Å². The summed E-state index contributed by atoms with van der Waals surface area (Å²) in [6, 6.07) is 22.9. The second-order valence-corrected chi connectivity index (χ2v) is 13.3. The largest absolute Gasteiger partial charge is 0.497 e. The van der Waals surface area contributed by atoms with Crippen molar-refractivity contribution >= 4 is 11.9 Å². The van der Waals surface area contributed by atoms with Gasteiger partial charge in [-0.1, -0.05) is 42.5 Å². The van der Waals surface area contributed by atoms with Crippen molar-refractivity contribution in [2.45, 2.75) is 38.3 Å². The van der Waals surface area contributed by atoms with E-state index in [-0.39, 0.29) is 12.6 Å². The number of benzene rings is 3. The lowest BCUT2D eigenvalue weighted by molar-refractivity contribution is -0.941. The summed E-state index contributed by atoms with van der Waals surface area (Å²) in [6.07, 6.45) is 5.44. The van der Waals surface area contributed by atoms with Crippen LogP contribution < -0.4 is 14.2 Å². The fourth-order valence-corrected chi connectivity index (χ4v) is 6.57. The molecule has 1 heterocycles. The summed E-state index contributed by atoms with van der Waals surface area (Å²) in [5.41, 5.74) is 4.99. The summed E-state index contributed by atoms with van der Waals surface area (Å²) in [4.78, 5) is 24.6. The van der Waals surface area contributed by atoms with Gasteiger partial charge in [-0.25, -0.2) is 9.59 Å². The molecule has 0 fully saturated rings. The summed E-state index contributed by atoms with van der Waals surface area (Å²) < 4.78 is 29.0. The summed E-state index contributed by atoms with van der Waals surface area (Å²) in [6.45, 7) is 4.07. The Bertz CT molecular complexity index is 1520. The lowest BCUT2D eigenvalue weighted by atomic mass is 9.86. The average molecular weight is 661 g/mol. The number of esters is 2. The molecule has 1 aliphatic rings. The number of quaternary nitrogens is 2. The summed E-state index contributed by atoms with van der Waals surface area (Å²) in [7, 11) is 11.6. The molecule has 2 atom stereocenters. The SMILES string of the molecule is COc1ccc(C[C@@H]2c3cc(OC)c(OC)cc3CC[N@@+]2(C)CCCOC(=O)C=CC(=O)OCCC[N+](C)(C)Cc2ccccc2)cc1. The van der Waals surface area contributed by atoms with E-state index in [4.69, 9.17) is 23.7 Å². The first-order valence-electron chi connectivity index (χ1n) is 16.7. The van der Waals surface area contributed by atoms with Crippen LogP contribution in [0.2, 0.25) is 0 Å². The molecule has 0 N–H and O–H groups in total. The highest BCUT2D eigenvalue weighted by atomic mass is 16.5. The number of hydrogen-bond acceptors (Lipinski definition) is 7. The Hall–Kier alpha value is -4.34. The smallest absolute Gasteiger partial charge is 0.331 e. The van der Waals surface area contributed by atoms with Crippen molar-refractivity contribution in [1.82, 2.24) is 0 Å². The Morgan fingerprint density at radius 1 is 0.812 bits per heavy atom. The van der Waals surface area contributed by atoms with Gasteiger partial charge in [-0.15, -0.1) is 0 Å². The fraction of sp³-hybridized carbons (Fsp3) is 0.436. The van der Waals surface area contributed by atoms with Gasteiger partial charge in [0.2, 0.25) is 0 Å². The molecule has 0 bridgehead atoms. The number of fused-ring (bicyclic) bond motifs is 1. The van der Waals surface area contributed by atoms with Crippen LogP contribution in [0, 0.1) is 0 Å². The van der Waals surface area contributed by atoms with E-state index in [1.807, 2.05) is 30.3 Å². The highest BCUT2D eigenvalue weighted by Gasteiger charge is 2.39. The third-order valence-corrected chi connectivity index (χ3v) is 9.26.